The molecular weight excluding hydrogens is 194 g/mol. The molecule has 0 aromatic carbocycles. The molecule has 0 saturated carbocycles. The summed E-state index contributed by atoms with van der Waals surface area (Å²) >= 11 is 1.73. The molecule has 2 N–H and O–H groups in total. The highest BCUT2D eigenvalue weighted by molar-refractivity contribution is 7.15. The van der Waals surface area contributed by atoms with Crippen molar-refractivity contribution in [2.45, 2.75) is 13.3 Å². The SMILES string of the molecule is CCc1ccc(-c2ncc(N)cn2)s1. The van der Waals surface area contributed by atoms with E-state index >= 15 is 0 Å². The number of hydrogen-bond acceptors (Lipinski definition) is 4. The van der Waals surface area contributed by atoms with Crippen LogP contribution in [0.15, 0.2) is 24.5 Å². The number of nitrogens with zero attached hydrogens (tertiary/aromatic N) is 2. The normalized spacial score (nSPS) is 10.4. The van der Waals surface area contributed by atoms with Crippen LogP contribution in [0.3, 0.4) is 0 Å². The van der Waals surface area contributed by atoms with Crippen LogP contribution >= 0.6 is 11.3 Å². The van der Waals surface area contributed by atoms with E-state index in [0.29, 0.717) is 5.69 Å². The minimum absolute atomic E-state index is 0.598. The smallest absolute Gasteiger partial charge is 0.169 e. The average molecular weight is 205 g/mol. The lowest BCUT2D eigenvalue weighted by Crippen LogP contribution is -1.90. The van der Waals surface area contributed by atoms with Crippen molar-refractivity contribution in [1.29, 1.82) is 0 Å². The maximum absolute atomic E-state index is 5.51. The highest BCUT2D eigenvalue weighted by Crippen LogP contribution is 2.25. The highest BCUT2D eigenvalue weighted by Gasteiger charge is 2.03. The fraction of sp³-hybridized carbons (Fsp3) is 0.200. The van der Waals surface area contributed by atoms with Gasteiger partial charge in [-0.05, 0) is 18.6 Å². The first-order valence-corrected chi connectivity index (χ1v) is 5.28. The molecule has 4 heteroatoms. The molecule has 72 valence electrons. The van der Waals surface area contributed by atoms with Gasteiger partial charge in [0.25, 0.3) is 0 Å². The van der Waals surface area contributed by atoms with Crippen molar-refractivity contribution in [2.24, 2.45) is 0 Å². The zero-order valence-electron chi connectivity index (χ0n) is 7.90. The van der Waals surface area contributed by atoms with Crippen LogP contribution in [0.4, 0.5) is 5.69 Å². The summed E-state index contributed by atoms with van der Waals surface area (Å²) in [5.41, 5.74) is 6.11. The van der Waals surface area contributed by atoms with Gasteiger partial charge in [0.2, 0.25) is 0 Å². The lowest BCUT2D eigenvalue weighted by molar-refractivity contribution is 1.19. The summed E-state index contributed by atoms with van der Waals surface area (Å²) in [6, 6.07) is 4.16. The lowest BCUT2D eigenvalue weighted by atomic mass is 10.3. The van der Waals surface area contributed by atoms with Gasteiger partial charge in [-0.2, -0.15) is 0 Å². The van der Waals surface area contributed by atoms with E-state index in [-0.39, 0.29) is 0 Å². The van der Waals surface area contributed by atoms with Crippen molar-refractivity contribution >= 4 is 17.0 Å². The van der Waals surface area contributed by atoms with Gasteiger partial charge in [0, 0.05) is 4.88 Å². The number of thiophene rings is 1. The van der Waals surface area contributed by atoms with Crippen molar-refractivity contribution in [3.8, 4) is 10.7 Å². The van der Waals surface area contributed by atoms with Crippen LogP contribution < -0.4 is 5.73 Å². The Kier molecular flexibility index (Phi) is 2.45. The molecule has 2 aromatic heterocycles. The van der Waals surface area contributed by atoms with E-state index in [2.05, 4.69) is 29.0 Å². The van der Waals surface area contributed by atoms with E-state index in [1.807, 2.05) is 0 Å². The number of aryl methyl sites for hydroxylation is 1. The van der Waals surface area contributed by atoms with Gasteiger partial charge in [0.1, 0.15) is 0 Å². The van der Waals surface area contributed by atoms with E-state index in [0.717, 1.165) is 17.1 Å². The first-order valence-electron chi connectivity index (χ1n) is 4.46. The van der Waals surface area contributed by atoms with Crippen LogP contribution in [0.5, 0.6) is 0 Å². The Balaban J connectivity index is 2.34. The van der Waals surface area contributed by atoms with Crippen LogP contribution in [-0.4, -0.2) is 9.97 Å². The molecule has 0 spiro atoms. The van der Waals surface area contributed by atoms with Gasteiger partial charge in [-0.3, -0.25) is 0 Å². The van der Waals surface area contributed by atoms with Crippen LogP contribution in [0.2, 0.25) is 0 Å². The van der Waals surface area contributed by atoms with Gasteiger partial charge >= 0.3 is 0 Å². The predicted molar refractivity (Wildman–Crippen MR) is 59.1 cm³/mol. The molecule has 0 saturated heterocycles. The van der Waals surface area contributed by atoms with E-state index < -0.39 is 0 Å². The van der Waals surface area contributed by atoms with Crippen molar-refractivity contribution < 1.29 is 0 Å². The van der Waals surface area contributed by atoms with E-state index in [9.17, 15) is 0 Å². The number of nitrogens with two attached hydrogens (primary N) is 1. The maximum atomic E-state index is 5.51. The maximum Gasteiger partial charge on any atom is 0.169 e. The standard InChI is InChI=1S/C10H11N3S/c1-2-8-3-4-9(14-8)10-12-5-7(11)6-13-10/h3-6H,2,11H2,1H3. The quantitative estimate of drug-likeness (QED) is 0.818. The van der Waals surface area contributed by atoms with Crippen molar-refractivity contribution in [2.75, 3.05) is 5.73 Å². The molecule has 0 aliphatic rings. The molecule has 0 amide bonds. The molecule has 2 rings (SSSR count). The number of rotatable bonds is 2. The number of hydrogen-bond donors (Lipinski definition) is 1. The first kappa shape index (κ1) is 9.15. The van der Waals surface area contributed by atoms with E-state index in [4.69, 9.17) is 5.73 Å². The minimum Gasteiger partial charge on any atom is -0.396 e. The Morgan fingerprint density at radius 3 is 2.57 bits per heavy atom. The third kappa shape index (κ3) is 1.75. The van der Waals surface area contributed by atoms with Crippen LogP contribution in [0, 0.1) is 0 Å². The van der Waals surface area contributed by atoms with Gasteiger partial charge in [-0.1, -0.05) is 6.92 Å². The Morgan fingerprint density at radius 1 is 1.29 bits per heavy atom. The summed E-state index contributed by atoms with van der Waals surface area (Å²) in [5.74, 6) is 0.754. The van der Waals surface area contributed by atoms with Gasteiger partial charge in [0.05, 0.1) is 23.0 Å². The summed E-state index contributed by atoms with van der Waals surface area (Å²) in [6.45, 7) is 2.14. The second-order valence-corrected chi connectivity index (χ2v) is 4.13. The molecule has 2 aromatic rings. The minimum atomic E-state index is 0.598. The van der Waals surface area contributed by atoms with E-state index in [1.54, 1.807) is 23.7 Å². The van der Waals surface area contributed by atoms with Crippen molar-refractivity contribution in [3.63, 3.8) is 0 Å². The second kappa shape index (κ2) is 3.75. The summed E-state index contributed by atoms with van der Waals surface area (Å²) in [4.78, 5) is 10.8. The molecule has 0 aliphatic heterocycles. The Labute approximate surface area is 86.6 Å². The predicted octanol–water partition coefficient (Wildman–Crippen LogP) is 2.35. The summed E-state index contributed by atoms with van der Waals surface area (Å²) in [5, 5.41) is 0. The van der Waals surface area contributed by atoms with E-state index in [1.165, 1.54) is 4.88 Å². The first-order chi connectivity index (χ1) is 6.79. The number of anilines is 1. The fourth-order valence-electron chi connectivity index (χ4n) is 1.15. The molecule has 0 bridgehead atoms. The lowest BCUT2D eigenvalue weighted by Gasteiger charge is -1.95. The molecular formula is C10H11N3S. The molecule has 14 heavy (non-hydrogen) atoms. The number of aromatic nitrogens is 2. The summed E-state index contributed by atoms with van der Waals surface area (Å²) in [6.07, 6.45) is 4.32. The second-order valence-electron chi connectivity index (χ2n) is 2.96. The van der Waals surface area contributed by atoms with Crippen LogP contribution in [-0.2, 0) is 6.42 Å². The summed E-state index contributed by atoms with van der Waals surface area (Å²) in [7, 11) is 0. The Morgan fingerprint density at radius 2 is 2.00 bits per heavy atom. The van der Waals surface area contributed by atoms with Crippen LogP contribution in [0.25, 0.3) is 10.7 Å². The van der Waals surface area contributed by atoms with Gasteiger partial charge in [-0.25, -0.2) is 9.97 Å². The zero-order chi connectivity index (χ0) is 9.97. The number of nitrogen functional groups attached to an aromatic ring is 1. The third-order valence-electron chi connectivity index (χ3n) is 1.90. The molecule has 0 unspecified atom stereocenters. The molecule has 0 aliphatic carbocycles. The third-order valence-corrected chi connectivity index (χ3v) is 3.13. The molecule has 0 fully saturated rings. The molecule has 0 atom stereocenters. The molecule has 3 nitrogen and oxygen atoms in total. The molecule has 2 heterocycles. The largest absolute Gasteiger partial charge is 0.396 e. The van der Waals surface area contributed by atoms with Crippen molar-refractivity contribution in [3.05, 3.63) is 29.4 Å². The monoisotopic (exact) mass is 205 g/mol. The highest BCUT2D eigenvalue weighted by atomic mass is 32.1. The topological polar surface area (TPSA) is 51.8 Å². The summed E-state index contributed by atoms with van der Waals surface area (Å²) < 4.78 is 0. The van der Waals surface area contributed by atoms with Gasteiger partial charge < -0.3 is 5.73 Å². The fourth-order valence-corrected chi connectivity index (χ4v) is 2.05. The van der Waals surface area contributed by atoms with Gasteiger partial charge in [-0.15, -0.1) is 11.3 Å². The van der Waals surface area contributed by atoms with Crippen molar-refractivity contribution in [1.82, 2.24) is 9.97 Å². The zero-order valence-corrected chi connectivity index (χ0v) is 8.71. The van der Waals surface area contributed by atoms with Crippen LogP contribution in [0.1, 0.15) is 11.8 Å². The Bertz CT molecular complexity index is 419. The Hall–Kier alpha value is -1.42. The molecule has 0 radical (unpaired) electrons. The average Bonchev–Trinajstić information content (AvgIpc) is 2.67. The van der Waals surface area contributed by atoms with Gasteiger partial charge in [0.15, 0.2) is 5.82 Å².